The van der Waals surface area contributed by atoms with E-state index >= 15 is 0 Å². The van der Waals surface area contributed by atoms with E-state index in [-0.39, 0.29) is 5.82 Å². The van der Waals surface area contributed by atoms with Crippen molar-refractivity contribution in [2.24, 2.45) is 0 Å². The van der Waals surface area contributed by atoms with Gasteiger partial charge in [0.15, 0.2) is 0 Å². The first kappa shape index (κ1) is 11.8. The summed E-state index contributed by atoms with van der Waals surface area (Å²) in [5.41, 5.74) is 2.68. The molecule has 0 radical (unpaired) electrons. The van der Waals surface area contributed by atoms with E-state index in [1.807, 2.05) is 19.2 Å². The fourth-order valence-corrected chi connectivity index (χ4v) is 1.74. The van der Waals surface area contributed by atoms with Crippen molar-refractivity contribution in [1.29, 1.82) is 0 Å². The van der Waals surface area contributed by atoms with Crippen molar-refractivity contribution in [2.45, 2.75) is 12.8 Å². The highest BCUT2D eigenvalue weighted by Crippen LogP contribution is 2.18. The van der Waals surface area contributed by atoms with Crippen LogP contribution in [0.1, 0.15) is 12.1 Å². The predicted molar refractivity (Wildman–Crippen MR) is 66.2 cm³/mol. The zero-order valence-corrected chi connectivity index (χ0v) is 9.83. The van der Waals surface area contributed by atoms with Crippen LogP contribution >= 0.6 is 0 Å². The Morgan fingerprint density at radius 3 is 3.00 bits per heavy atom. The van der Waals surface area contributed by atoms with Gasteiger partial charge in [0.2, 0.25) is 0 Å². The Labute approximate surface area is 100 Å². The number of benzene rings is 1. The van der Waals surface area contributed by atoms with Gasteiger partial charge in [-0.15, -0.1) is 0 Å². The SMILES string of the molecule is CNCCCc1cc(-c2cccc(F)c2)n[nH]1. The number of rotatable bonds is 5. The molecule has 1 aromatic heterocycles. The van der Waals surface area contributed by atoms with Crippen molar-refractivity contribution in [1.82, 2.24) is 15.5 Å². The van der Waals surface area contributed by atoms with Crippen molar-refractivity contribution >= 4 is 0 Å². The molecule has 0 aliphatic carbocycles. The normalized spacial score (nSPS) is 10.7. The fraction of sp³-hybridized carbons (Fsp3) is 0.308. The molecule has 3 nitrogen and oxygen atoms in total. The number of nitrogens with one attached hydrogen (secondary N) is 2. The van der Waals surface area contributed by atoms with E-state index in [1.54, 1.807) is 6.07 Å². The molecule has 2 N–H and O–H groups in total. The second-order valence-electron chi connectivity index (χ2n) is 4.00. The number of H-pyrrole nitrogens is 1. The average Bonchev–Trinajstić information content (AvgIpc) is 2.78. The monoisotopic (exact) mass is 233 g/mol. The summed E-state index contributed by atoms with van der Waals surface area (Å²) in [5, 5.41) is 10.3. The van der Waals surface area contributed by atoms with Crippen LogP contribution in [0.15, 0.2) is 30.3 Å². The van der Waals surface area contributed by atoms with Crippen molar-refractivity contribution in [3.63, 3.8) is 0 Å². The smallest absolute Gasteiger partial charge is 0.123 e. The molecule has 1 aromatic carbocycles. The molecule has 0 aliphatic rings. The molecular formula is C13H16FN3. The van der Waals surface area contributed by atoms with Crippen LogP contribution < -0.4 is 5.32 Å². The largest absolute Gasteiger partial charge is 0.320 e. The van der Waals surface area contributed by atoms with Crippen molar-refractivity contribution in [3.8, 4) is 11.3 Å². The van der Waals surface area contributed by atoms with E-state index in [2.05, 4.69) is 15.5 Å². The Morgan fingerprint density at radius 2 is 2.24 bits per heavy atom. The molecule has 1 heterocycles. The molecule has 0 atom stereocenters. The summed E-state index contributed by atoms with van der Waals surface area (Å²) in [6, 6.07) is 8.46. The van der Waals surface area contributed by atoms with Crippen molar-refractivity contribution < 1.29 is 4.39 Å². The first-order valence-corrected chi connectivity index (χ1v) is 5.74. The lowest BCUT2D eigenvalue weighted by Crippen LogP contribution is -2.08. The second kappa shape index (κ2) is 5.59. The lowest BCUT2D eigenvalue weighted by molar-refractivity contribution is 0.628. The average molecular weight is 233 g/mol. The lowest BCUT2D eigenvalue weighted by atomic mass is 10.1. The minimum Gasteiger partial charge on any atom is -0.320 e. The number of aryl methyl sites for hydroxylation is 1. The quantitative estimate of drug-likeness (QED) is 0.778. The Kier molecular flexibility index (Phi) is 3.88. The summed E-state index contributed by atoms with van der Waals surface area (Å²) in [6.45, 7) is 0.980. The first-order chi connectivity index (χ1) is 8.29. The van der Waals surface area contributed by atoms with Gasteiger partial charge in [-0.3, -0.25) is 5.10 Å². The van der Waals surface area contributed by atoms with Gasteiger partial charge in [0, 0.05) is 11.3 Å². The molecule has 0 spiro atoms. The van der Waals surface area contributed by atoms with Crippen molar-refractivity contribution in [2.75, 3.05) is 13.6 Å². The maximum Gasteiger partial charge on any atom is 0.123 e. The molecule has 0 fully saturated rings. The maximum atomic E-state index is 13.1. The number of hydrogen-bond donors (Lipinski definition) is 2. The van der Waals surface area contributed by atoms with Crippen molar-refractivity contribution in [3.05, 3.63) is 41.8 Å². The molecule has 0 aliphatic heterocycles. The minimum absolute atomic E-state index is 0.234. The van der Waals surface area contributed by atoms with Crippen LogP contribution in [0.25, 0.3) is 11.3 Å². The molecule has 0 saturated heterocycles. The lowest BCUT2D eigenvalue weighted by Gasteiger charge is -1.96. The van der Waals surface area contributed by atoms with Crippen LogP contribution in [0.3, 0.4) is 0 Å². The summed E-state index contributed by atoms with van der Waals surface area (Å²) < 4.78 is 13.1. The molecular weight excluding hydrogens is 217 g/mol. The van der Waals surface area contributed by atoms with E-state index in [0.717, 1.165) is 36.3 Å². The fourth-order valence-electron chi connectivity index (χ4n) is 1.74. The van der Waals surface area contributed by atoms with E-state index in [9.17, 15) is 4.39 Å². The first-order valence-electron chi connectivity index (χ1n) is 5.74. The van der Waals surface area contributed by atoms with Gasteiger partial charge in [-0.1, -0.05) is 12.1 Å². The summed E-state index contributed by atoms with van der Waals surface area (Å²) in [4.78, 5) is 0. The summed E-state index contributed by atoms with van der Waals surface area (Å²) in [7, 11) is 1.94. The number of halogens is 1. The van der Waals surface area contributed by atoms with Gasteiger partial charge in [-0.2, -0.15) is 5.10 Å². The zero-order valence-electron chi connectivity index (χ0n) is 9.83. The van der Waals surface area contributed by atoms with Crippen LogP contribution in [-0.2, 0) is 6.42 Å². The third kappa shape index (κ3) is 3.14. The summed E-state index contributed by atoms with van der Waals surface area (Å²) in [6.07, 6.45) is 2.00. The maximum absolute atomic E-state index is 13.1. The van der Waals surface area contributed by atoms with Gasteiger partial charge in [0.25, 0.3) is 0 Å². The van der Waals surface area contributed by atoms with Gasteiger partial charge >= 0.3 is 0 Å². The van der Waals surface area contributed by atoms with Crippen LogP contribution in [0.4, 0.5) is 4.39 Å². The number of hydrogen-bond acceptors (Lipinski definition) is 2. The predicted octanol–water partition coefficient (Wildman–Crippen LogP) is 2.37. The highest BCUT2D eigenvalue weighted by molar-refractivity contribution is 5.59. The van der Waals surface area contributed by atoms with E-state index in [4.69, 9.17) is 0 Å². The minimum atomic E-state index is -0.234. The summed E-state index contributed by atoms with van der Waals surface area (Å²) in [5.74, 6) is -0.234. The van der Waals surface area contributed by atoms with E-state index in [1.165, 1.54) is 12.1 Å². The van der Waals surface area contributed by atoms with Gasteiger partial charge < -0.3 is 5.32 Å². The Morgan fingerprint density at radius 1 is 1.35 bits per heavy atom. The second-order valence-corrected chi connectivity index (χ2v) is 4.00. The zero-order chi connectivity index (χ0) is 12.1. The molecule has 2 rings (SSSR count). The van der Waals surface area contributed by atoms with Gasteiger partial charge in [0.1, 0.15) is 5.82 Å². The van der Waals surface area contributed by atoms with Crippen LogP contribution in [0, 0.1) is 5.82 Å². The number of aromatic nitrogens is 2. The van der Waals surface area contributed by atoms with Gasteiger partial charge in [-0.25, -0.2) is 4.39 Å². The van der Waals surface area contributed by atoms with E-state index < -0.39 is 0 Å². The third-order valence-electron chi connectivity index (χ3n) is 2.62. The number of aromatic amines is 1. The molecule has 0 unspecified atom stereocenters. The van der Waals surface area contributed by atoms with E-state index in [0.29, 0.717) is 0 Å². The Hall–Kier alpha value is -1.68. The molecule has 0 saturated carbocycles. The molecule has 90 valence electrons. The standard InChI is InChI=1S/C13H16FN3/c1-15-7-3-6-12-9-13(17-16-12)10-4-2-5-11(14)8-10/h2,4-5,8-9,15H,3,6-7H2,1H3,(H,16,17). The molecule has 0 bridgehead atoms. The van der Waals surface area contributed by atoms with Crippen LogP contribution in [-0.4, -0.2) is 23.8 Å². The molecule has 0 amide bonds. The molecule has 4 heteroatoms. The molecule has 17 heavy (non-hydrogen) atoms. The Bertz CT molecular complexity index is 479. The van der Waals surface area contributed by atoms with Gasteiger partial charge in [-0.05, 0) is 44.6 Å². The van der Waals surface area contributed by atoms with Crippen LogP contribution in [0.2, 0.25) is 0 Å². The highest BCUT2D eigenvalue weighted by Gasteiger charge is 2.04. The van der Waals surface area contributed by atoms with Gasteiger partial charge in [0.05, 0.1) is 5.69 Å². The van der Waals surface area contributed by atoms with Crippen LogP contribution in [0.5, 0.6) is 0 Å². The number of nitrogens with zero attached hydrogens (tertiary/aromatic N) is 1. The summed E-state index contributed by atoms with van der Waals surface area (Å²) >= 11 is 0. The molecule has 2 aromatic rings. The Balaban J connectivity index is 2.07. The highest BCUT2D eigenvalue weighted by atomic mass is 19.1. The topological polar surface area (TPSA) is 40.7 Å². The third-order valence-corrected chi connectivity index (χ3v) is 2.62.